The Morgan fingerprint density at radius 2 is 1.52 bits per heavy atom. The van der Waals surface area contributed by atoms with Crippen molar-refractivity contribution in [3.8, 4) is 0 Å². The van der Waals surface area contributed by atoms with Crippen LogP contribution in [0.3, 0.4) is 0 Å². The molecule has 1 heterocycles. The molecule has 33 heavy (non-hydrogen) atoms. The Hall–Kier alpha value is -2.89. The SMILES string of the molecule is COCCc1cnc(CCc2ccc3c(F)c(CCc4ccc(Cl)c(F)c4)ccc3c2)nc1. The first-order valence-corrected chi connectivity index (χ1v) is 11.3. The highest BCUT2D eigenvalue weighted by Crippen LogP contribution is 2.25. The summed E-state index contributed by atoms with van der Waals surface area (Å²) in [5.41, 5.74) is 3.57. The minimum atomic E-state index is -0.451. The number of benzene rings is 3. The molecule has 0 saturated heterocycles. The molecular weight excluding hydrogens is 442 g/mol. The molecule has 0 aliphatic carbocycles. The Kier molecular flexibility index (Phi) is 7.63. The molecule has 0 aliphatic rings. The standard InChI is InChI=1S/C27H25ClF2N2O/c1-33-13-12-20-16-31-26(32-17-20)11-5-18-3-9-23-22(14-18)8-7-21(27(23)30)6-2-19-4-10-24(28)25(29)15-19/h3-4,7-10,14-17H,2,5-6,11-13H2,1H3. The molecule has 0 amide bonds. The van der Waals surface area contributed by atoms with E-state index < -0.39 is 5.82 Å². The second-order valence-corrected chi connectivity index (χ2v) is 8.50. The fourth-order valence-corrected chi connectivity index (χ4v) is 3.94. The van der Waals surface area contributed by atoms with E-state index >= 15 is 4.39 Å². The van der Waals surface area contributed by atoms with Crippen LogP contribution in [0.4, 0.5) is 8.78 Å². The average Bonchev–Trinajstić information content (AvgIpc) is 2.83. The summed E-state index contributed by atoms with van der Waals surface area (Å²) in [6.45, 7) is 0.651. The van der Waals surface area contributed by atoms with Gasteiger partial charge in [0.25, 0.3) is 0 Å². The number of rotatable bonds is 9. The van der Waals surface area contributed by atoms with Crippen LogP contribution in [0.25, 0.3) is 10.8 Å². The third kappa shape index (κ3) is 5.92. The van der Waals surface area contributed by atoms with Gasteiger partial charge in [0, 0.05) is 31.3 Å². The second-order valence-electron chi connectivity index (χ2n) is 8.09. The summed E-state index contributed by atoms with van der Waals surface area (Å²) >= 11 is 5.74. The molecule has 0 unspecified atom stereocenters. The van der Waals surface area contributed by atoms with E-state index in [0.717, 1.165) is 40.7 Å². The van der Waals surface area contributed by atoms with Crippen LogP contribution in [0.1, 0.15) is 28.1 Å². The van der Waals surface area contributed by atoms with Crippen LogP contribution in [0.2, 0.25) is 5.02 Å². The first-order valence-electron chi connectivity index (χ1n) is 11.0. The maximum Gasteiger partial charge on any atom is 0.142 e. The third-order valence-corrected chi connectivity index (χ3v) is 6.06. The van der Waals surface area contributed by atoms with Gasteiger partial charge in [-0.3, -0.25) is 0 Å². The van der Waals surface area contributed by atoms with Crippen molar-refractivity contribution in [3.05, 3.63) is 106 Å². The molecular formula is C27H25ClF2N2O. The van der Waals surface area contributed by atoms with Gasteiger partial charge < -0.3 is 4.74 Å². The van der Waals surface area contributed by atoms with Gasteiger partial charge in [-0.05, 0) is 65.5 Å². The van der Waals surface area contributed by atoms with E-state index in [2.05, 4.69) is 9.97 Å². The largest absolute Gasteiger partial charge is 0.384 e. The minimum absolute atomic E-state index is 0.0945. The second kappa shape index (κ2) is 10.8. The van der Waals surface area contributed by atoms with E-state index in [-0.39, 0.29) is 10.8 Å². The van der Waals surface area contributed by atoms with Crippen LogP contribution in [-0.2, 0) is 36.8 Å². The van der Waals surface area contributed by atoms with Crippen LogP contribution < -0.4 is 0 Å². The van der Waals surface area contributed by atoms with Crippen LogP contribution in [0.15, 0.2) is 60.9 Å². The topological polar surface area (TPSA) is 35.0 Å². The van der Waals surface area contributed by atoms with Crippen molar-refractivity contribution in [2.75, 3.05) is 13.7 Å². The van der Waals surface area contributed by atoms with Crippen LogP contribution in [0, 0.1) is 11.6 Å². The molecule has 170 valence electrons. The number of ether oxygens (including phenoxy) is 1. The van der Waals surface area contributed by atoms with E-state index in [9.17, 15) is 4.39 Å². The zero-order chi connectivity index (χ0) is 23.2. The lowest BCUT2D eigenvalue weighted by atomic mass is 9.98. The molecule has 4 rings (SSSR count). The molecule has 3 nitrogen and oxygen atoms in total. The van der Waals surface area contributed by atoms with E-state index in [1.54, 1.807) is 13.2 Å². The number of aryl methyl sites for hydroxylation is 4. The van der Waals surface area contributed by atoms with Gasteiger partial charge in [0.15, 0.2) is 0 Å². The van der Waals surface area contributed by atoms with Crippen LogP contribution in [0.5, 0.6) is 0 Å². The number of hydrogen-bond donors (Lipinski definition) is 0. The lowest BCUT2D eigenvalue weighted by Gasteiger charge is -2.09. The lowest BCUT2D eigenvalue weighted by Crippen LogP contribution is -2.01. The number of halogens is 3. The van der Waals surface area contributed by atoms with Gasteiger partial charge in [0.1, 0.15) is 17.5 Å². The van der Waals surface area contributed by atoms with Gasteiger partial charge in [0.05, 0.1) is 11.6 Å². The quantitative estimate of drug-likeness (QED) is 0.289. The first kappa shape index (κ1) is 23.3. The molecule has 0 radical (unpaired) electrons. The zero-order valence-electron chi connectivity index (χ0n) is 18.5. The maximum atomic E-state index is 15.1. The van der Waals surface area contributed by atoms with E-state index in [0.29, 0.717) is 36.8 Å². The smallest absolute Gasteiger partial charge is 0.142 e. The molecule has 0 atom stereocenters. The molecule has 0 aliphatic heterocycles. The highest BCUT2D eigenvalue weighted by Gasteiger charge is 2.10. The Morgan fingerprint density at radius 3 is 2.27 bits per heavy atom. The lowest BCUT2D eigenvalue weighted by molar-refractivity contribution is 0.202. The fraction of sp³-hybridized carbons (Fsp3) is 0.259. The molecule has 3 aromatic carbocycles. The highest BCUT2D eigenvalue weighted by molar-refractivity contribution is 6.30. The summed E-state index contributed by atoms with van der Waals surface area (Å²) in [5, 5.41) is 1.55. The van der Waals surface area contributed by atoms with Crippen LogP contribution in [-0.4, -0.2) is 23.7 Å². The van der Waals surface area contributed by atoms with Crippen molar-refractivity contribution in [2.45, 2.75) is 32.1 Å². The summed E-state index contributed by atoms with van der Waals surface area (Å²) < 4.78 is 33.8. The van der Waals surface area contributed by atoms with Crippen molar-refractivity contribution in [1.82, 2.24) is 9.97 Å². The van der Waals surface area contributed by atoms with Crippen LogP contribution >= 0.6 is 11.6 Å². The van der Waals surface area contributed by atoms with E-state index in [1.165, 1.54) is 12.1 Å². The first-order chi connectivity index (χ1) is 16.0. The molecule has 1 aromatic heterocycles. The predicted octanol–water partition coefficient (Wildman–Crippen LogP) is 6.32. The normalized spacial score (nSPS) is 11.3. The molecule has 4 aromatic rings. The van der Waals surface area contributed by atoms with Gasteiger partial charge >= 0.3 is 0 Å². The van der Waals surface area contributed by atoms with Crippen molar-refractivity contribution in [3.63, 3.8) is 0 Å². The third-order valence-electron chi connectivity index (χ3n) is 5.76. The average molecular weight is 467 g/mol. The monoisotopic (exact) mass is 466 g/mol. The molecule has 0 N–H and O–H groups in total. The van der Waals surface area contributed by atoms with Crippen molar-refractivity contribution < 1.29 is 13.5 Å². The Bertz CT molecular complexity index is 1250. The van der Waals surface area contributed by atoms with Gasteiger partial charge in [-0.1, -0.05) is 48.0 Å². The summed E-state index contributed by atoms with van der Waals surface area (Å²) in [5.74, 6) is 0.119. The summed E-state index contributed by atoms with van der Waals surface area (Å²) in [6.07, 6.45) is 7.01. The fourth-order valence-electron chi connectivity index (χ4n) is 3.82. The van der Waals surface area contributed by atoms with Gasteiger partial charge in [-0.25, -0.2) is 18.7 Å². The number of fused-ring (bicyclic) bond motifs is 1. The number of methoxy groups -OCH3 is 1. The molecule has 0 spiro atoms. The molecule has 0 bridgehead atoms. The highest BCUT2D eigenvalue weighted by atomic mass is 35.5. The number of hydrogen-bond acceptors (Lipinski definition) is 3. The van der Waals surface area contributed by atoms with Gasteiger partial charge in [-0.2, -0.15) is 0 Å². The molecule has 0 fully saturated rings. The Labute approximate surface area is 197 Å². The molecule has 6 heteroatoms. The molecule has 0 saturated carbocycles. The Balaban J connectivity index is 1.41. The minimum Gasteiger partial charge on any atom is -0.384 e. The predicted molar refractivity (Wildman–Crippen MR) is 128 cm³/mol. The number of aromatic nitrogens is 2. The summed E-state index contributed by atoms with van der Waals surface area (Å²) in [7, 11) is 1.68. The van der Waals surface area contributed by atoms with E-state index in [4.69, 9.17) is 16.3 Å². The van der Waals surface area contributed by atoms with Crippen molar-refractivity contribution in [1.29, 1.82) is 0 Å². The number of nitrogens with zero attached hydrogens (tertiary/aromatic N) is 2. The van der Waals surface area contributed by atoms with Crippen molar-refractivity contribution >= 4 is 22.4 Å². The Morgan fingerprint density at radius 1 is 0.788 bits per heavy atom. The zero-order valence-corrected chi connectivity index (χ0v) is 19.2. The summed E-state index contributed by atoms with van der Waals surface area (Å²) in [4.78, 5) is 8.87. The van der Waals surface area contributed by atoms with Gasteiger partial charge in [0.2, 0.25) is 0 Å². The van der Waals surface area contributed by atoms with Crippen molar-refractivity contribution in [2.24, 2.45) is 0 Å². The van der Waals surface area contributed by atoms with E-state index in [1.807, 2.05) is 42.7 Å². The maximum absolute atomic E-state index is 15.1. The van der Waals surface area contributed by atoms with Gasteiger partial charge in [-0.15, -0.1) is 0 Å². The summed E-state index contributed by atoms with van der Waals surface area (Å²) in [6, 6.07) is 14.3.